The first-order chi connectivity index (χ1) is 9.78. The van der Waals surface area contributed by atoms with Gasteiger partial charge in [0.1, 0.15) is 5.76 Å². The second kappa shape index (κ2) is 4.97. The molecular weight excluding hydrogens is 290 g/mol. The number of hydrogen-bond acceptors (Lipinski definition) is 4. The average molecular weight is 314 g/mol. The molecule has 2 saturated heterocycles. The van der Waals surface area contributed by atoms with Gasteiger partial charge < -0.3 is 14.0 Å². The van der Waals surface area contributed by atoms with Crippen LogP contribution in [0.2, 0.25) is 0 Å². The predicted molar refractivity (Wildman–Crippen MR) is 80.5 cm³/mol. The maximum absolute atomic E-state index is 6.56. The van der Waals surface area contributed by atoms with E-state index in [1.54, 1.807) is 0 Å². The van der Waals surface area contributed by atoms with Crippen molar-refractivity contribution in [3.63, 3.8) is 0 Å². The zero-order chi connectivity index (χ0) is 15.4. The third-order valence-electron chi connectivity index (χ3n) is 5.31. The lowest BCUT2D eigenvalue weighted by Gasteiger charge is -2.35. The standard InChI is InChI=1S/C16H24ClNO3/c1-9(2)16-7-14(15(5,21-16)6-13(16)17)19-8-12-10(3)18-20-11(12)4/h9,13-14H,6-8H2,1-5H3/t13-,14+,15-,16+/m0/s1. The fourth-order valence-electron chi connectivity index (χ4n) is 3.78. The molecule has 0 amide bonds. The van der Waals surface area contributed by atoms with Gasteiger partial charge in [0, 0.05) is 12.0 Å². The van der Waals surface area contributed by atoms with Crippen molar-refractivity contribution in [1.29, 1.82) is 0 Å². The number of rotatable bonds is 4. The van der Waals surface area contributed by atoms with Crippen LogP contribution < -0.4 is 0 Å². The zero-order valence-corrected chi connectivity index (χ0v) is 14.2. The van der Waals surface area contributed by atoms with Gasteiger partial charge in [0.25, 0.3) is 0 Å². The summed E-state index contributed by atoms with van der Waals surface area (Å²) in [6.07, 6.45) is 1.78. The molecule has 118 valence electrons. The van der Waals surface area contributed by atoms with Gasteiger partial charge in [0.15, 0.2) is 0 Å². The van der Waals surface area contributed by atoms with Crippen molar-refractivity contribution in [3.05, 3.63) is 17.0 Å². The first-order valence-electron chi connectivity index (χ1n) is 7.66. The second-order valence-electron chi connectivity index (χ2n) is 7.00. The fraction of sp³-hybridized carbons (Fsp3) is 0.812. The first kappa shape index (κ1) is 15.3. The van der Waals surface area contributed by atoms with Crippen LogP contribution in [0.5, 0.6) is 0 Å². The van der Waals surface area contributed by atoms with E-state index in [-0.39, 0.29) is 22.7 Å². The first-order valence-corrected chi connectivity index (χ1v) is 8.10. The maximum Gasteiger partial charge on any atom is 0.139 e. The number of fused-ring (bicyclic) bond motifs is 2. The Morgan fingerprint density at radius 3 is 2.62 bits per heavy atom. The maximum atomic E-state index is 6.56. The van der Waals surface area contributed by atoms with Gasteiger partial charge in [-0.1, -0.05) is 19.0 Å². The van der Waals surface area contributed by atoms with Crippen molar-refractivity contribution in [1.82, 2.24) is 5.16 Å². The summed E-state index contributed by atoms with van der Waals surface area (Å²) in [6.45, 7) is 10.9. The third-order valence-corrected chi connectivity index (χ3v) is 5.83. The number of nitrogens with zero attached hydrogens (tertiary/aromatic N) is 1. The van der Waals surface area contributed by atoms with E-state index in [0.29, 0.717) is 12.5 Å². The molecule has 21 heavy (non-hydrogen) atoms. The highest BCUT2D eigenvalue weighted by Gasteiger charge is 2.65. The van der Waals surface area contributed by atoms with Crippen LogP contribution in [-0.2, 0) is 16.1 Å². The topological polar surface area (TPSA) is 44.5 Å². The molecule has 4 nitrogen and oxygen atoms in total. The molecule has 2 aliphatic heterocycles. The molecule has 2 aliphatic rings. The van der Waals surface area contributed by atoms with Gasteiger partial charge in [0.05, 0.1) is 35.0 Å². The van der Waals surface area contributed by atoms with Gasteiger partial charge in [0.2, 0.25) is 0 Å². The van der Waals surface area contributed by atoms with Crippen LogP contribution >= 0.6 is 11.6 Å². The van der Waals surface area contributed by atoms with E-state index in [0.717, 1.165) is 29.9 Å². The van der Waals surface area contributed by atoms with E-state index in [4.69, 9.17) is 25.6 Å². The van der Waals surface area contributed by atoms with Crippen LogP contribution in [0.4, 0.5) is 0 Å². The Morgan fingerprint density at radius 2 is 2.10 bits per heavy atom. The Kier molecular flexibility index (Phi) is 3.62. The molecule has 0 aliphatic carbocycles. The molecule has 0 spiro atoms. The molecule has 2 bridgehead atoms. The van der Waals surface area contributed by atoms with Crippen LogP contribution in [0.15, 0.2) is 4.52 Å². The molecule has 2 fully saturated rings. The van der Waals surface area contributed by atoms with E-state index in [9.17, 15) is 0 Å². The highest BCUT2D eigenvalue weighted by molar-refractivity contribution is 6.21. The highest BCUT2D eigenvalue weighted by atomic mass is 35.5. The number of halogens is 1. The van der Waals surface area contributed by atoms with Gasteiger partial charge in [-0.2, -0.15) is 0 Å². The van der Waals surface area contributed by atoms with E-state index >= 15 is 0 Å². The minimum Gasteiger partial charge on any atom is -0.370 e. The number of hydrogen-bond donors (Lipinski definition) is 0. The minimum atomic E-state index is -0.282. The zero-order valence-electron chi connectivity index (χ0n) is 13.4. The van der Waals surface area contributed by atoms with Crippen molar-refractivity contribution in [3.8, 4) is 0 Å². The minimum absolute atomic E-state index is 0.0708. The fourth-order valence-corrected chi connectivity index (χ4v) is 4.47. The van der Waals surface area contributed by atoms with Crippen LogP contribution in [0.25, 0.3) is 0 Å². The molecule has 0 saturated carbocycles. The highest BCUT2D eigenvalue weighted by Crippen LogP contribution is 2.57. The summed E-state index contributed by atoms with van der Waals surface area (Å²) in [7, 11) is 0. The van der Waals surface area contributed by atoms with E-state index in [1.807, 2.05) is 13.8 Å². The summed E-state index contributed by atoms with van der Waals surface area (Å²) < 4.78 is 17.7. The molecule has 3 rings (SSSR count). The van der Waals surface area contributed by atoms with Crippen molar-refractivity contribution >= 4 is 11.6 Å². The number of aryl methyl sites for hydroxylation is 2. The van der Waals surface area contributed by atoms with E-state index < -0.39 is 0 Å². The summed E-state index contributed by atoms with van der Waals surface area (Å²) in [5.74, 6) is 1.21. The molecule has 1 aromatic heterocycles. The molecular formula is C16H24ClNO3. The Labute approximate surface area is 131 Å². The molecule has 1 aromatic rings. The normalized spacial score (nSPS) is 38.6. The van der Waals surface area contributed by atoms with Gasteiger partial charge >= 0.3 is 0 Å². The summed E-state index contributed by atoms with van der Waals surface area (Å²) in [5, 5.41) is 4.04. The average Bonchev–Trinajstić information content (AvgIpc) is 2.96. The smallest absolute Gasteiger partial charge is 0.139 e. The molecule has 4 atom stereocenters. The van der Waals surface area contributed by atoms with E-state index in [1.165, 1.54) is 0 Å². The molecule has 3 heterocycles. The lowest BCUT2D eigenvalue weighted by atomic mass is 9.75. The van der Waals surface area contributed by atoms with Crippen LogP contribution in [0.3, 0.4) is 0 Å². The van der Waals surface area contributed by atoms with Crippen molar-refractivity contribution < 1.29 is 14.0 Å². The predicted octanol–water partition coefficient (Wildman–Crippen LogP) is 3.76. The largest absolute Gasteiger partial charge is 0.370 e. The number of ether oxygens (including phenoxy) is 2. The lowest BCUT2D eigenvalue weighted by molar-refractivity contribution is -0.0959. The van der Waals surface area contributed by atoms with Crippen molar-refractivity contribution in [2.45, 2.75) is 76.8 Å². The third kappa shape index (κ3) is 2.23. The van der Waals surface area contributed by atoms with Crippen LogP contribution in [-0.4, -0.2) is 27.8 Å². The second-order valence-corrected chi connectivity index (χ2v) is 7.53. The van der Waals surface area contributed by atoms with Crippen molar-refractivity contribution in [2.24, 2.45) is 5.92 Å². The number of alkyl halides is 1. The summed E-state index contributed by atoms with van der Waals surface area (Å²) >= 11 is 6.56. The SMILES string of the molecule is Cc1noc(C)c1CO[C@@H]1C[C@]2(C(C)C)O[C@@]1(C)C[C@@H]2Cl. The summed E-state index contributed by atoms with van der Waals surface area (Å²) in [5.41, 5.74) is 1.41. The van der Waals surface area contributed by atoms with Gasteiger partial charge in [-0.15, -0.1) is 11.6 Å². The Balaban J connectivity index is 1.74. The lowest BCUT2D eigenvalue weighted by Crippen LogP contribution is -2.45. The summed E-state index contributed by atoms with van der Waals surface area (Å²) in [6, 6.07) is 0. The van der Waals surface area contributed by atoms with Crippen molar-refractivity contribution in [2.75, 3.05) is 0 Å². The van der Waals surface area contributed by atoms with Crippen LogP contribution in [0.1, 0.15) is 50.6 Å². The van der Waals surface area contributed by atoms with Gasteiger partial charge in [-0.05, 0) is 33.1 Å². The van der Waals surface area contributed by atoms with Crippen LogP contribution in [0, 0.1) is 19.8 Å². The molecule has 0 N–H and O–H groups in total. The Bertz CT molecular complexity index is 524. The molecule has 0 radical (unpaired) electrons. The Morgan fingerprint density at radius 1 is 1.38 bits per heavy atom. The van der Waals surface area contributed by atoms with Gasteiger partial charge in [-0.3, -0.25) is 0 Å². The summed E-state index contributed by atoms with van der Waals surface area (Å²) in [4.78, 5) is 0. The van der Waals surface area contributed by atoms with Gasteiger partial charge in [-0.25, -0.2) is 0 Å². The Hall–Kier alpha value is -0.580. The quantitative estimate of drug-likeness (QED) is 0.794. The van der Waals surface area contributed by atoms with E-state index in [2.05, 4.69) is 25.9 Å². The number of aromatic nitrogens is 1. The monoisotopic (exact) mass is 313 g/mol. The molecule has 5 heteroatoms. The molecule has 0 unspecified atom stereocenters. The molecule has 0 aromatic carbocycles.